The molecule has 2 atom stereocenters. The zero-order valence-corrected chi connectivity index (χ0v) is 12.8. The smallest absolute Gasteiger partial charge is 0.161 e. The largest absolute Gasteiger partial charge is 0.493 e. The minimum Gasteiger partial charge on any atom is -0.493 e. The number of rotatable bonds is 8. The van der Waals surface area contributed by atoms with E-state index in [0.717, 1.165) is 24.5 Å². The molecular weight excluding hydrogens is 238 g/mol. The summed E-state index contributed by atoms with van der Waals surface area (Å²) in [5, 5.41) is 3.49. The van der Waals surface area contributed by atoms with Crippen LogP contribution in [0.4, 0.5) is 0 Å². The zero-order chi connectivity index (χ0) is 14.3. The second kappa shape index (κ2) is 8.05. The predicted octanol–water partition coefficient (Wildman–Crippen LogP) is 3.41. The number of hydrogen-bond donors (Lipinski definition) is 1. The molecule has 0 saturated heterocycles. The van der Waals surface area contributed by atoms with Gasteiger partial charge in [0.1, 0.15) is 6.61 Å². The molecule has 3 nitrogen and oxygen atoms in total. The molecule has 19 heavy (non-hydrogen) atoms. The third kappa shape index (κ3) is 4.75. The number of hydrogen-bond acceptors (Lipinski definition) is 3. The molecule has 0 spiro atoms. The Hall–Kier alpha value is -1.22. The second-order valence-corrected chi connectivity index (χ2v) is 5.02. The van der Waals surface area contributed by atoms with Crippen molar-refractivity contribution in [3.63, 3.8) is 0 Å². The highest BCUT2D eigenvalue weighted by molar-refractivity contribution is 5.42. The van der Waals surface area contributed by atoms with Crippen LogP contribution in [0, 0.1) is 12.8 Å². The van der Waals surface area contributed by atoms with Gasteiger partial charge in [-0.2, -0.15) is 0 Å². The molecular formula is C16H27NO2. The van der Waals surface area contributed by atoms with Crippen LogP contribution in [0.15, 0.2) is 18.2 Å². The molecule has 0 aromatic heterocycles. The Morgan fingerprint density at radius 2 is 1.95 bits per heavy atom. The Morgan fingerprint density at radius 3 is 2.53 bits per heavy atom. The van der Waals surface area contributed by atoms with E-state index in [2.05, 4.69) is 26.1 Å². The van der Waals surface area contributed by atoms with E-state index in [4.69, 9.17) is 9.47 Å². The van der Waals surface area contributed by atoms with Gasteiger partial charge in [0.15, 0.2) is 11.5 Å². The van der Waals surface area contributed by atoms with Crippen molar-refractivity contribution in [3.05, 3.63) is 23.8 Å². The Labute approximate surface area is 117 Å². The van der Waals surface area contributed by atoms with Crippen LogP contribution >= 0.6 is 0 Å². The van der Waals surface area contributed by atoms with E-state index in [0.29, 0.717) is 18.6 Å². The number of benzene rings is 1. The quantitative estimate of drug-likeness (QED) is 0.781. The molecule has 0 aliphatic carbocycles. The van der Waals surface area contributed by atoms with Gasteiger partial charge in [-0.1, -0.05) is 33.3 Å². The van der Waals surface area contributed by atoms with Gasteiger partial charge in [-0.15, -0.1) is 0 Å². The highest BCUT2D eigenvalue weighted by Crippen LogP contribution is 2.28. The molecule has 2 unspecified atom stereocenters. The van der Waals surface area contributed by atoms with Crippen LogP contribution in [0.3, 0.4) is 0 Å². The van der Waals surface area contributed by atoms with Crippen LogP contribution in [-0.2, 0) is 0 Å². The fourth-order valence-corrected chi connectivity index (χ4v) is 2.04. The maximum Gasteiger partial charge on any atom is 0.161 e. The highest BCUT2D eigenvalue weighted by atomic mass is 16.5. The van der Waals surface area contributed by atoms with E-state index in [1.807, 2.05) is 25.1 Å². The highest BCUT2D eigenvalue weighted by Gasteiger charge is 2.16. The van der Waals surface area contributed by atoms with Crippen molar-refractivity contribution < 1.29 is 9.47 Å². The molecule has 0 heterocycles. The Kier molecular flexibility index (Phi) is 6.71. The summed E-state index contributed by atoms with van der Waals surface area (Å²) < 4.78 is 11.3. The van der Waals surface area contributed by atoms with Gasteiger partial charge in [0.05, 0.1) is 7.11 Å². The minimum absolute atomic E-state index is 0.376. The van der Waals surface area contributed by atoms with Crippen molar-refractivity contribution in [2.75, 3.05) is 20.3 Å². The van der Waals surface area contributed by atoms with Crippen molar-refractivity contribution in [1.29, 1.82) is 0 Å². The topological polar surface area (TPSA) is 30.5 Å². The van der Waals surface area contributed by atoms with Crippen molar-refractivity contribution >= 4 is 0 Å². The third-order valence-electron chi connectivity index (χ3n) is 3.53. The van der Waals surface area contributed by atoms with Gasteiger partial charge in [0.2, 0.25) is 0 Å². The first kappa shape index (κ1) is 15.8. The van der Waals surface area contributed by atoms with Crippen molar-refractivity contribution in [1.82, 2.24) is 5.32 Å². The normalized spacial score (nSPS) is 13.9. The number of nitrogens with one attached hydrogen (secondary N) is 1. The first-order valence-electron chi connectivity index (χ1n) is 7.13. The maximum atomic E-state index is 5.93. The fourth-order valence-electron chi connectivity index (χ4n) is 2.04. The lowest BCUT2D eigenvalue weighted by Gasteiger charge is -2.24. The number of methoxy groups -OCH3 is 1. The van der Waals surface area contributed by atoms with Crippen LogP contribution in [0.1, 0.15) is 32.8 Å². The van der Waals surface area contributed by atoms with Gasteiger partial charge < -0.3 is 14.8 Å². The number of likely N-dealkylation sites (N-methyl/N-ethyl adjacent to an activating group) is 1. The molecule has 0 radical (unpaired) electrons. The third-order valence-corrected chi connectivity index (χ3v) is 3.53. The van der Waals surface area contributed by atoms with Gasteiger partial charge in [0.25, 0.3) is 0 Å². The Morgan fingerprint density at radius 1 is 1.21 bits per heavy atom. The van der Waals surface area contributed by atoms with E-state index in [1.165, 1.54) is 5.56 Å². The first-order chi connectivity index (χ1) is 9.12. The molecule has 0 fully saturated rings. The average molecular weight is 265 g/mol. The van der Waals surface area contributed by atoms with Gasteiger partial charge >= 0.3 is 0 Å². The maximum absolute atomic E-state index is 5.93. The molecule has 3 heteroatoms. The molecule has 0 bridgehead atoms. The van der Waals surface area contributed by atoms with E-state index in [1.54, 1.807) is 7.11 Å². The zero-order valence-electron chi connectivity index (χ0n) is 12.8. The monoisotopic (exact) mass is 265 g/mol. The number of ether oxygens (including phenoxy) is 2. The molecule has 1 N–H and O–H groups in total. The van der Waals surface area contributed by atoms with Crippen LogP contribution in [0.2, 0.25) is 0 Å². The molecule has 0 aliphatic heterocycles. The summed E-state index contributed by atoms with van der Waals surface area (Å²) in [7, 11) is 1.68. The van der Waals surface area contributed by atoms with Crippen molar-refractivity contribution in [2.45, 2.75) is 40.2 Å². The molecule has 1 rings (SSSR count). The summed E-state index contributed by atoms with van der Waals surface area (Å²) in [5.41, 5.74) is 1.18. The summed E-state index contributed by atoms with van der Waals surface area (Å²) in [6.45, 7) is 10.3. The van der Waals surface area contributed by atoms with Crippen LogP contribution in [-0.4, -0.2) is 26.3 Å². The summed E-state index contributed by atoms with van der Waals surface area (Å²) in [6, 6.07) is 6.40. The van der Waals surface area contributed by atoms with Gasteiger partial charge in [0, 0.05) is 6.04 Å². The molecule has 0 saturated carbocycles. The predicted molar refractivity (Wildman–Crippen MR) is 80.1 cm³/mol. The SMILES string of the molecule is CCNC(COc1ccc(C)cc1OC)C(C)CC. The lowest BCUT2D eigenvalue weighted by Crippen LogP contribution is -2.39. The van der Waals surface area contributed by atoms with Gasteiger partial charge in [-0.25, -0.2) is 0 Å². The summed E-state index contributed by atoms with van der Waals surface area (Å²) >= 11 is 0. The molecule has 0 amide bonds. The second-order valence-electron chi connectivity index (χ2n) is 5.02. The van der Waals surface area contributed by atoms with E-state index in [9.17, 15) is 0 Å². The van der Waals surface area contributed by atoms with Gasteiger partial charge in [-0.3, -0.25) is 0 Å². The van der Waals surface area contributed by atoms with Crippen LogP contribution in [0.25, 0.3) is 0 Å². The lowest BCUT2D eigenvalue weighted by molar-refractivity contribution is 0.215. The van der Waals surface area contributed by atoms with E-state index >= 15 is 0 Å². The molecule has 0 aliphatic rings. The Bertz CT molecular complexity index is 379. The summed E-state index contributed by atoms with van der Waals surface area (Å²) in [6.07, 6.45) is 1.14. The van der Waals surface area contributed by atoms with Crippen LogP contribution in [0.5, 0.6) is 11.5 Å². The van der Waals surface area contributed by atoms with Crippen molar-refractivity contribution in [2.24, 2.45) is 5.92 Å². The van der Waals surface area contributed by atoms with E-state index in [-0.39, 0.29) is 0 Å². The Balaban J connectivity index is 2.68. The average Bonchev–Trinajstić information content (AvgIpc) is 2.43. The molecule has 108 valence electrons. The molecule has 1 aromatic rings. The first-order valence-corrected chi connectivity index (χ1v) is 7.13. The summed E-state index contributed by atoms with van der Waals surface area (Å²) in [5.74, 6) is 2.22. The standard InChI is InChI=1S/C16H27NO2/c1-6-13(4)14(17-7-2)11-19-15-9-8-12(3)10-16(15)18-5/h8-10,13-14,17H,6-7,11H2,1-5H3. The summed E-state index contributed by atoms with van der Waals surface area (Å²) in [4.78, 5) is 0. The van der Waals surface area contributed by atoms with E-state index < -0.39 is 0 Å². The van der Waals surface area contributed by atoms with Crippen molar-refractivity contribution in [3.8, 4) is 11.5 Å². The minimum atomic E-state index is 0.376. The molecule has 1 aromatic carbocycles. The number of aryl methyl sites for hydroxylation is 1. The van der Waals surface area contributed by atoms with Crippen LogP contribution < -0.4 is 14.8 Å². The van der Waals surface area contributed by atoms with Gasteiger partial charge in [-0.05, 0) is 37.1 Å². The lowest BCUT2D eigenvalue weighted by atomic mass is 10.00. The fraction of sp³-hybridized carbons (Fsp3) is 0.625.